The minimum Gasteiger partial charge on any atom is -0.310 e. The van der Waals surface area contributed by atoms with Crippen LogP contribution in [0.1, 0.15) is 26.2 Å². The molecule has 1 radical (unpaired) electrons. The molecule has 4 amide bonds. The minimum absolute atomic E-state index is 0.0185. The first-order valence-electron chi connectivity index (χ1n) is 4.83. The Kier molecular flexibility index (Phi) is 3.98. The molecule has 1 heterocycles. The fourth-order valence-corrected chi connectivity index (χ4v) is 1.18. The lowest BCUT2D eigenvalue weighted by atomic mass is 10.4. The number of nitrogens with zero attached hydrogens (tertiary/aromatic N) is 2. The van der Waals surface area contributed by atoms with Crippen molar-refractivity contribution in [1.29, 1.82) is 0 Å². The van der Waals surface area contributed by atoms with Gasteiger partial charge in [0, 0.05) is 19.4 Å². The quantitative estimate of drug-likeness (QED) is 0.497. The smallest absolute Gasteiger partial charge is 0.310 e. The van der Waals surface area contributed by atoms with Crippen LogP contribution in [0.5, 0.6) is 0 Å². The van der Waals surface area contributed by atoms with Gasteiger partial charge in [-0.25, -0.2) is 9.69 Å². The van der Waals surface area contributed by atoms with E-state index in [-0.39, 0.29) is 19.4 Å². The molecule has 7 nitrogen and oxygen atoms in total. The van der Waals surface area contributed by atoms with E-state index in [9.17, 15) is 19.2 Å². The maximum absolute atomic E-state index is 11.3. The number of carbonyl (C=O) groups is 3. The van der Waals surface area contributed by atoms with Crippen molar-refractivity contribution in [3.05, 3.63) is 0 Å². The summed E-state index contributed by atoms with van der Waals surface area (Å²) in [7, 11) is 0. The van der Waals surface area contributed by atoms with Crippen molar-refractivity contribution in [2.75, 3.05) is 6.54 Å². The molecule has 0 saturated carbocycles. The molecule has 1 fully saturated rings. The van der Waals surface area contributed by atoms with Crippen molar-refractivity contribution < 1.29 is 24.0 Å². The van der Waals surface area contributed by atoms with E-state index in [4.69, 9.17) is 0 Å². The van der Waals surface area contributed by atoms with Crippen LogP contribution in [0.2, 0.25) is 0 Å². The first kappa shape index (κ1) is 12.2. The monoisotopic (exact) mass is 227 g/mol. The molecule has 1 rings (SSSR count). The van der Waals surface area contributed by atoms with Crippen molar-refractivity contribution in [3.8, 4) is 0 Å². The molecule has 0 aromatic rings. The van der Waals surface area contributed by atoms with Gasteiger partial charge in [-0.15, -0.1) is 5.06 Å². The molecule has 1 aliphatic rings. The molecule has 0 aliphatic carbocycles. The number of carbonyl (C=O) groups excluding carboxylic acids is 4. The third-order valence-corrected chi connectivity index (χ3v) is 1.95. The van der Waals surface area contributed by atoms with Crippen LogP contribution in [-0.4, -0.2) is 40.8 Å². The second kappa shape index (κ2) is 5.24. The Hall–Kier alpha value is -1.92. The molecule has 0 spiro atoms. The number of rotatable bonds is 4. The van der Waals surface area contributed by atoms with E-state index in [1.165, 1.54) is 6.41 Å². The zero-order chi connectivity index (χ0) is 12.1. The Morgan fingerprint density at radius 3 is 2.44 bits per heavy atom. The fourth-order valence-electron chi connectivity index (χ4n) is 1.18. The second-order valence-electron chi connectivity index (χ2n) is 3.18. The Morgan fingerprint density at radius 2 is 2.00 bits per heavy atom. The molecule has 0 atom stereocenters. The van der Waals surface area contributed by atoms with Crippen LogP contribution in [0.3, 0.4) is 0 Å². The van der Waals surface area contributed by atoms with E-state index in [1.54, 1.807) is 6.92 Å². The number of hydrogen-bond donors (Lipinski definition) is 0. The lowest BCUT2D eigenvalue weighted by Crippen LogP contribution is -2.39. The highest BCUT2D eigenvalue weighted by molar-refractivity contribution is 6.01. The zero-order valence-corrected chi connectivity index (χ0v) is 8.76. The van der Waals surface area contributed by atoms with Crippen LogP contribution in [0.25, 0.3) is 0 Å². The summed E-state index contributed by atoms with van der Waals surface area (Å²) in [5, 5.41) is 0.391. The average Bonchev–Trinajstić information content (AvgIpc) is 2.57. The number of imide groups is 2. The van der Waals surface area contributed by atoms with Gasteiger partial charge in [0.1, 0.15) is 0 Å². The standard InChI is InChI=1S/C9H11N2O5/c1-2-5-10(6-12)9(15)16-11-7(13)3-4-8(11)14/h2-5H2,1H3. The topological polar surface area (TPSA) is 84.0 Å². The molecule has 7 heteroatoms. The van der Waals surface area contributed by atoms with E-state index in [0.717, 1.165) is 0 Å². The van der Waals surface area contributed by atoms with Gasteiger partial charge in [0.15, 0.2) is 0 Å². The molecule has 1 aliphatic heterocycles. The van der Waals surface area contributed by atoms with Crippen LogP contribution in [0.15, 0.2) is 0 Å². The zero-order valence-electron chi connectivity index (χ0n) is 8.76. The molecule has 0 aromatic heterocycles. The summed E-state index contributed by atoms with van der Waals surface area (Å²) < 4.78 is 0. The van der Waals surface area contributed by atoms with Crippen molar-refractivity contribution >= 4 is 24.3 Å². The summed E-state index contributed by atoms with van der Waals surface area (Å²) in [6.07, 6.45) is 0.868. The van der Waals surface area contributed by atoms with E-state index >= 15 is 0 Å². The Morgan fingerprint density at radius 1 is 1.44 bits per heavy atom. The highest BCUT2D eigenvalue weighted by Crippen LogP contribution is 2.12. The van der Waals surface area contributed by atoms with Gasteiger partial charge in [0.25, 0.3) is 11.8 Å². The van der Waals surface area contributed by atoms with Crippen molar-refractivity contribution in [1.82, 2.24) is 9.96 Å². The normalized spacial score (nSPS) is 15.2. The highest BCUT2D eigenvalue weighted by atomic mass is 16.7. The molecular formula is C9H11N2O5. The molecule has 1 saturated heterocycles. The van der Waals surface area contributed by atoms with Crippen molar-refractivity contribution in [2.24, 2.45) is 0 Å². The lowest BCUT2D eigenvalue weighted by Gasteiger charge is -2.17. The summed E-state index contributed by atoms with van der Waals surface area (Å²) in [5.41, 5.74) is 0. The summed E-state index contributed by atoms with van der Waals surface area (Å²) in [4.78, 5) is 49.0. The Balaban J connectivity index is 2.58. The molecule has 0 N–H and O–H groups in total. The third-order valence-electron chi connectivity index (χ3n) is 1.95. The SMILES string of the molecule is CCCN([C]=O)C(=O)ON1C(=O)CCC1=O. The van der Waals surface area contributed by atoms with Crippen LogP contribution < -0.4 is 0 Å². The summed E-state index contributed by atoms with van der Waals surface area (Å²) in [5.74, 6) is -1.17. The van der Waals surface area contributed by atoms with Gasteiger partial charge in [-0.3, -0.25) is 14.4 Å². The first-order chi connectivity index (χ1) is 7.60. The summed E-state index contributed by atoms with van der Waals surface area (Å²) >= 11 is 0. The highest BCUT2D eigenvalue weighted by Gasteiger charge is 2.34. The van der Waals surface area contributed by atoms with Crippen LogP contribution in [-0.2, 0) is 19.2 Å². The van der Waals surface area contributed by atoms with Gasteiger partial charge in [-0.05, 0) is 6.42 Å². The van der Waals surface area contributed by atoms with Gasteiger partial charge >= 0.3 is 12.5 Å². The molecule has 0 bridgehead atoms. The minimum atomic E-state index is -1.07. The predicted octanol–water partition coefficient (Wildman–Crippen LogP) is -0.0338. The molecule has 0 unspecified atom stereocenters. The van der Waals surface area contributed by atoms with E-state index in [1.807, 2.05) is 0 Å². The number of hydrogen-bond acceptors (Lipinski definition) is 5. The number of amides is 4. The van der Waals surface area contributed by atoms with Crippen LogP contribution >= 0.6 is 0 Å². The summed E-state index contributed by atoms with van der Waals surface area (Å²) in [6, 6.07) is 0. The fraction of sp³-hybridized carbons (Fsp3) is 0.556. The van der Waals surface area contributed by atoms with E-state index in [2.05, 4.69) is 4.84 Å². The van der Waals surface area contributed by atoms with Gasteiger partial charge in [0.2, 0.25) is 0 Å². The summed E-state index contributed by atoms with van der Waals surface area (Å²) in [6.45, 7) is 1.88. The van der Waals surface area contributed by atoms with E-state index in [0.29, 0.717) is 16.4 Å². The maximum atomic E-state index is 11.3. The van der Waals surface area contributed by atoms with E-state index < -0.39 is 17.9 Å². The first-order valence-corrected chi connectivity index (χ1v) is 4.83. The molecule has 0 aromatic carbocycles. The predicted molar refractivity (Wildman–Crippen MR) is 50.3 cm³/mol. The second-order valence-corrected chi connectivity index (χ2v) is 3.18. The number of hydroxylamine groups is 2. The largest absolute Gasteiger partial charge is 0.441 e. The van der Waals surface area contributed by atoms with Gasteiger partial charge in [-0.1, -0.05) is 6.92 Å². The lowest BCUT2D eigenvalue weighted by molar-refractivity contribution is -0.172. The third kappa shape index (κ3) is 2.56. The van der Waals surface area contributed by atoms with Crippen LogP contribution in [0, 0.1) is 0 Å². The Bertz CT molecular complexity index is 312. The van der Waals surface area contributed by atoms with Gasteiger partial charge < -0.3 is 4.84 Å². The maximum Gasteiger partial charge on any atom is 0.441 e. The Labute approximate surface area is 91.9 Å². The average molecular weight is 227 g/mol. The van der Waals surface area contributed by atoms with Gasteiger partial charge in [0.05, 0.1) is 0 Å². The van der Waals surface area contributed by atoms with Crippen LogP contribution in [0.4, 0.5) is 4.79 Å². The van der Waals surface area contributed by atoms with Crippen molar-refractivity contribution in [2.45, 2.75) is 26.2 Å². The molecule has 16 heavy (non-hydrogen) atoms. The van der Waals surface area contributed by atoms with Crippen molar-refractivity contribution in [3.63, 3.8) is 0 Å². The molecule has 87 valence electrons. The molecular weight excluding hydrogens is 216 g/mol. The van der Waals surface area contributed by atoms with Gasteiger partial charge in [-0.2, -0.15) is 0 Å².